The number of nitrogens with one attached hydrogen (secondary N) is 1. The number of carbonyl (C=O) groups excluding carboxylic acids is 1. The van der Waals surface area contributed by atoms with Crippen molar-refractivity contribution in [1.82, 2.24) is 0 Å². The summed E-state index contributed by atoms with van der Waals surface area (Å²) in [5.74, 6) is 0.571. The van der Waals surface area contributed by atoms with Gasteiger partial charge in [-0.2, -0.15) is 5.26 Å². The van der Waals surface area contributed by atoms with Crippen molar-refractivity contribution in [3.63, 3.8) is 0 Å². The maximum absolute atomic E-state index is 12.5. The molecule has 2 aromatic carbocycles. The van der Waals surface area contributed by atoms with E-state index in [-0.39, 0.29) is 5.91 Å². The number of nitriles is 1. The molecule has 2 aromatic rings. The third kappa shape index (κ3) is 4.76. The first-order valence-electron chi connectivity index (χ1n) is 7.29. The Kier molecular flexibility index (Phi) is 6.07. The number of rotatable bonds is 6. The number of anilines is 2. The molecule has 0 saturated heterocycles. The van der Waals surface area contributed by atoms with Gasteiger partial charge in [-0.25, -0.2) is 0 Å². The Labute approximate surface area is 141 Å². The van der Waals surface area contributed by atoms with Gasteiger partial charge in [0.05, 0.1) is 11.8 Å². The second-order valence-electron chi connectivity index (χ2n) is 5.15. The summed E-state index contributed by atoms with van der Waals surface area (Å²) in [6, 6.07) is 17.3. The molecule has 4 nitrogen and oxygen atoms in total. The fourth-order valence-electron chi connectivity index (χ4n) is 2.02. The van der Waals surface area contributed by atoms with E-state index in [2.05, 4.69) is 11.4 Å². The van der Waals surface area contributed by atoms with Crippen molar-refractivity contribution in [1.29, 1.82) is 5.26 Å². The fourth-order valence-corrected chi connectivity index (χ4v) is 2.88. The molecule has 0 radical (unpaired) electrons. The first-order chi connectivity index (χ1) is 11.1. The summed E-state index contributed by atoms with van der Waals surface area (Å²) >= 11 is 1.57. The summed E-state index contributed by atoms with van der Waals surface area (Å²) in [6.07, 6.45) is 0.484. The maximum atomic E-state index is 12.5. The van der Waals surface area contributed by atoms with Crippen LogP contribution in [-0.2, 0) is 0 Å². The summed E-state index contributed by atoms with van der Waals surface area (Å²) in [5, 5.41) is 11.6. The highest BCUT2D eigenvalue weighted by atomic mass is 32.2. The Morgan fingerprint density at radius 3 is 2.74 bits per heavy atom. The Morgan fingerprint density at radius 2 is 2.00 bits per heavy atom. The lowest BCUT2D eigenvalue weighted by molar-refractivity contribution is 0.102. The van der Waals surface area contributed by atoms with Crippen LogP contribution >= 0.6 is 11.8 Å². The van der Waals surface area contributed by atoms with E-state index >= 15 is 0 Å². The van der Waals surface area contributed by atoms with Gasteiger partial charge in [0.1, 0.15) is 0 Å². The summed E-state index contributed by atoms with van der Waals surface area (Å²) in [7, 11) is 3.89. The topological polar surface area (TPSA) is 56.1 Å². The van der Waals surface area contributed by atoms with Gasteiger partial charge in [-0.3, -0.25) is 4.79 Å². The number of hydrogen-bond acceptors (Lipinski definition) is 4. The fraction of sp³-hybridized carbons (Fsp3) is 0.222. The Hall–Kier alpha value is -2.45. The molecule has 118 valence electrons. The molecule has 1 amide bonds. The minimum atomic E-state index is -0.137. The average molecular weight is 325 g/mol. The Morgan fingerprint density at radius 1 is 1.22 bits per heavy atom. The molecule has 0 atom stereocenters. The molecule has 23 heavy (non-hydrogen) atoms. The Bertz CT molecular complexity index is 722. The zero-order valence-electron chi connectivity index (χ0n) is 13.2. The van der Waals surface area contributed by atoms with E-state index < -0.39 is 0 Å². The lowest BCUT2D eigenvalue weighted by Gasteiger charge is -2.14. The first-order valence-corrected chi connectivity index (χ1v) is 8.28. The quantitative estimate of drug-likeness (QED) is 0.644. The molecule has 0 aliphatic heterocycles. The Balaban J connectivity index is 2.14. The molecule has 0 heterocycles. The van der Waals surface area contributed by atoms with Crippen LogP contribution in [0.2, 0.25) is 0 Å². The minimum absolute atomic E-state index is 0.137. The summed E-state index contributed by atoms with van der Waals surface area (Å²) in [4.78, 5) is 15.4. The van der Waals surface area contributed by atoms with Gasteiger partial charge in [0.2, 0.25) is 0 Å². The van der Waals surface area contributed by atoms with E-state index in [1.165, 1.54) is 0 Å². The zero-order chi connectivity index (χ0) is 16.7. The van der Waals surface area contributed by atoms with Crippen molar-refractivity contribution in [2.75, 3.05) is 30.1 Å². The highest BCUT2D eigenvalue weighted by Crippen LogP contribution is 2.28. The lowest BCUT2D eigenvalue weighted by atomic mass is 10.1. The standard InChI is InChI=1S/C18H19N3OS/c1-21(2)15-8-5-7-14(13-15)18(22)20-16-9-3-4-10-17(16)23-12-6-11-19/h3-5,7-10,13H,6,12H2,1-2H3,(H,20,22). The van der Waals surface area contributed by atoms with Crippen LogP contribution in [-0.4, -0.2) is 25.8 Å². The molecular weight excluding hydrogens is 306 g/mol. The maximum Gasteiger partial charge on any atom is 0.255 e. The number of carbonyl (C=O) groups is 1. The SMILES string of the molecule is CN(C)c1cccc(C(=O)Nc2ccccc2SCCC#N)c1. The highest BCUT2D eigenvalue weighted by Gasteiger charge is 2.10. The summed E-state index contributed by atoms with van der Waals surface area (Å²) in [5.41, 5.74) is 2.37. The van der Waals surface area contributed by atoms with Crippen molar-refractivity contribution >= 4 is 29.0 Å². The number of nitrogens with zero attached hydrogens (tertiary/aromatic N) is 2. The van der Waals surface area contributed by atoms with E-state index in [4.69, 9.17) is 5.26 Å². The number of para-hydroxylation sites is 1. The molecule has 0 unspecified atom stereocenters. The third-order valence-electron chi connectivity index (χ3n) is 3.23. The monoisotopic (exact) mass is 325 g/mol. The van der Waals surface area contributed by atoms with Crippen molar-refractivity contribution in [2.45, 2.75) is 11.3 Å². The van der Waals surface area contributed by atoms with E-state index in [1.807, 2.05) is 61.5 Å². The van der Waals surface area contributed by atoms with Crippen LogP contribution in [0.4, 0.5) is 11.4 Å². The van der Waals surface area contributed by atoms with Crippen molar-refractivity contribution in [3.8, 4) is 6.07 Å². The van der Waals surface area contributed by atoms with Crippen LogP contribution in [0.15, 0.2) is 53.4 Å². The van der Waals surface area contributed by atoms with Gasteiger partial charge < -0.3 is 10.2 Å². The number of benzene rings is 2. The molecular formula is C18H19N3OS. The van der Waals surface area contributed by atoms with E-state index in [1.54, 1.807) is 17.8 Å². The molecule has 2 rings (SSSR count). The number of amides is 1. The molecule has 0 aliphatic rings. The van der Waals surface area contributed by atoms with Gasteiger partial charge >= 0.3 is 0 Å². The van der Waals surface area contributed by atoms with Gasteiger partial charge in [0, 0.05) is 42.4 Å². The van der Waals surface area contributed by atoms with Gasteiger partial charge in [-0.15, -0.1) is 11.8 Å². The van der Waals surface area contributed by atoms with Crippen LogP contribution < -0.4 is 10.2 Å². The van der Waals surface area contributed by atoms with Crippen molar-refractivity contribution in [2.24, 2.45) is 0 Å². The molecule has 5 heteroatoms. The number of thioether (sulfide) groups is 1. The van der Waals surface area contributed by atoms with E-state index in [0.29, 0.717) is 17.7 Å². The minimum Gasteiger partial charge on any atom is -0.378 e. The summed E-state index contributed by atoms with van der Waals surface area (Å²) in [6.45, 7) is 0. The first kappa shape index (κ1) is 16.9. The molecule has 0 saturated carbocycles. The predicted octanol–water partition coefficient (Wildman–Crippen LogP) is 4.01. The molecule has 0 spiro atoms. The van der Waals surface area contributed by atoms with Gasteiger partial charge in [-0.1, -0.05) is 18.2 Å². The van der Waals surface area contributed by atoms with Gasteiger partial charge in [0.15, 0.2) is 0 Å². The van der Waals surface area contributed by atoms with Crippen LogP contribution in [0, 0.1) is 11.3 Å². The smallest absolute Gasteiger partial charge is 0.255 e. The highest BCUT2D eigenvalue weighted by molar-refractivity contribution is 7.99. The zero-order valence-corrected chi connectivity index (χ0v) is 14.1. The van der Waals surface area contributed by atoms with Crippen molar-refractivity contribution < 1.29 is 4.79 Å². The van der Waals surface area contributed by atoms with Crippen LogP contribution in [0.25, 0.3) is 0 Å². The second kappa shape index (κ2) is 8.25. The van der Waals surface area contributed by atoms with E-state index in [0.717, 1.165) is 16.3 Å². The molecule has 1 N–H and O–H groups in total. The normalized spacial score (nSPS) is 9.96. The van der Waals surface area contributed by atoms with Crippen LogP contribution in [0.3, 0.4) is 0 Å². The van der Waals surface area contributed by atoms with Crippen LogP contribution in [0.5, 0.6) is 0 Å². The van der Waals surface area contributed by atoms with Gasteiger partial charge in [-0.05, 0) is 30.3 Å². The molecule has 0 bridgehead atoms. The van der Waals surface area contributed by atoms with Crippen LogP contribution in [0.1, 0.15) is 16.8 Å². The third-order valence-corrected chi connectivity index (χ3v) is 4.31. The molecule has 0 fully saturated rings. The van der Waals surface area contributed by atoms with Gasteiger partial charge in [0.25, 0.3) is 5.91 Å². The summed E-state index contributed by atoms with van der Waals surface area (Å²) < 4.78 is 0. The van der Waals surface area contributed by atoms with Crippen molar-refractivity contribution in [3.05, 3.63) is 54.1 Å². The molecule has 0 aromatic heterocycles. The lowest BCUT2D eigenvalue weighted by Crippen LogP contribution is -2.14. The largest absolute Gasteiger partial charge is 0.378 e. The average Bonchev–Trinajstić information content (AvgIpc) is 2.56. The second-order valence-corrected chi connectivity index (χ2v) is 6.29. The molecule has 0 aliphatic carbocycles. The number of hydrogen-bond donors (Lipinski definition) is 1. The predicted molar refractivity (Wildman–Crippen MR) is 96.1 cm³/mol. The van der Waals surface area contributed by atoms with E-state index in [9.17, 15) is 4.79 Å².